The Morgan fingerprint density at radius 1 is 1.37 bits per heavy atom. The fourth-order valence-corrected chi connectivity index (χ4v) is 2.71. The zero-order valence-corrected chi connectivity index (χ0v) is 12.0. The van der Waals surface area contributed by atoms with Crippen LogP contribution in [0.4, 0.5) is 4.39 Å². The molecule has 0 atom stereocenters. The zero-order valence-electron chi connectivity index (χ0n) is 11.2. The van der Waals surface area contributed by atoms with Gasteiger partial charge in [-0.05, 0) is 49.8 Å². The molecule has 1 aromatic carbocycles. The van der Waals surface area contributed by atoms with Crippen molar-refractivity contribution in [2.24, 2.45) is 11.7 Å². The molecule has 0 radical (unpaired) electrons. The molecule has 1 fully saturated rings. The zero-order chi connectivity index (χ0) is 13.8. The summed E-state index contributed by atoms with van der Waals surface area (Å²) in [5.74, 6) is 0.726. The first-order chi connectivity index (χ1) is 9.10. The van der Waals surface area contributed by atoms with Crippen molar-refractivity contribution < 1.29 is 9.13 Å². The molecule has 0 spiro atoms. The minimum absolute atomic E-state index is 0.132. The van der Waals surface area contributed by atoms with Crippen molar-refractivity contribution in [1.29, 1.82) is 0 Å². The average Bonchev–Trinajstić information content (AvgIpc) is 2.41. The van der Waals surface area contributed by atoms with Crippen LogP contribution in [-0.2, 0) is 0 Å². The second-order valence-corrected chi connectivity index (χ2v) is 5.62. The van der Waals surface area contributed by atoms with Crippen LogP contribution < -0.4 is 10.5 Å². The Bertz CT molecular complexity index is 455. The molecule has 104 valence electrons. The van der Waals surface area contributed by atoms with Crippen molar-refractivity contribution >= 4 is 17.2 Å². The number of thiocarbonyl (C=S) groups is 1. The second kappa shape index (κ2) is 6.33. The summed E-state index contributed by atoms with van der Waals surface area (Å²) in [6.07, 6.45) is 5.72. The highest BCUT2D eigenvalue weighted by molar-refractivity contribution is 7.80. The summed E-state index contributed by atoms with van der Waals surface area (Å²) in [6, 6.07) is 4.67. The third-order valence-electron chi connectivity index (χ3n) is 3.88. The van der Waals surface area contributed by atoms with Crippen LogP contribution in [0.2, 0.25) is 0 Å². The van der Waals surface area contributed by atoms with Gasteiger partial charge in [0.1, 0.15) is 4.99 Å². The summed E-state index contributed by atoms with van der Waals surface area (Å²) >= 11 is 4.82. The van der Waals surface area contributed by atoms with Gasteiger partial charge in [-0.1, -0.05) is 25.6 Å². The van der Waals surface area contributed by atoms with Gasteiger partial charge in [0.05, 0.1) is 6.10 Å². The number of hydrogen-bond acceptors (Lipinski definition) is 2. The summed E-state index contributed by atoms with van der Waals surface area (Å²) in [7, 11) is 0. The minimum atomic E-state index is -0.386. The summed E-state index contributed by atoms with van der Waals surface area (Å²) in [5.41, 5.74) is 6.01. The number of rotatable bonds is 4. The van der Waals surface area contributed by atoms with Crippen molar-refractivity contribution in [3.8, 4) is 5.75 Å². The summed E-state index contributed by atoms with van der Waals surface area (Å²) in [6.45, 7) is 2.22. The van der Waals surface area contributed by atoms with Crippen LogP contribution in [0.5, 0.6) is 5.75 Å². The van der Waals surface area contributed by atoms with Gasteiger partial charge in [-0.2, -0.15) is 0 Å². The molecular formula is C15H20FNOS. The highest BCUT2D eigenvalue weighted by Gasteiger charge is 2.22. The van der Waals surface area contributed by atoms with E-state index >= 15 is 0 Å². The summed E-state index contributed by atoms with van der Waals surface area (Å²) < 4.78 is 19.6. The lowest BCUT2D eigenvalue weighted by Crippen LogP contribution is -2.24. The lowest BCUT2D eigenvalue weighted by atomic mass is 9.86. The van der Waals surface area contributed by atoms with Crippen molar-refractivity contribution in [2.75, 3.05) is 0 Å². The number of hydrogen-bond donors (Lipinski definition) is 1. The van der Waals surface area contributed by atoms with E-state index in [1.807, 2.05) is 0 Å². The molecule has 19 heavy (non-hydrogen) atoms. The lowest BCUT2D eigenvalue weighted by Gasteiger charge is -2.28. The topological polar surface area (TPSA) is 35.2 Å². The van der Waals surface area contributed by atoms with Crippen LogP contribution in [0.15, 0.2) is 18.2 Å². The van der Waals surface area contributed by atoms with Crippen molar-refractivity contribution in [3.63, 3.8) is 0 Å². The Labute approximate surface area is 119 Å². The van der Waals surface area contributed by atoms with Crippen LogP contribution in [0.3, 0.4) is 0 Å². The van der Waals surface area contributed by atoms with Gasteiger partial charge < -0.3 is 10.5 Å². The van der Waals surface area contributed by atoms with Crippen LogP contribution in [0, 0.1) is 11.7 Å². The molecule has 0 unspecified atom stereocenters. The SMILES string of the molecule is CCC1CCC(Oc2ccc(C(N)=S)cc2F)CC1. The molecule has 2 rings (SSSR count). The van der Waals surface area contributed by atoms with Crippen LogP contribution >= 0.6 is 12.2 Å². The van der Waals surface area contributed by atoms with Gasteiger partial charge in [0.2, 0.25) is 0 Å². The van der Waals surface area contributed by atoms with Gasteiger partial charge in [-0.15, -0.1) is 0 Å². The molecule has 1 aliphatic rings. The number of nitrogens with two attached hydrogens (primary N) is 1. The molecule has 0 aromatic heterocycles. The van der Waals surface area contributed by atoms with Crippen LogP contribution in [0.25, 0.3) is 0 Å². The summed E-state index contributed by atoms with van der Waals surface area (Å²) in [5, 5.41) is 0. The van der Waals surface area contributed by atoms with Gasteiger partial charge in [-0.3, -0.25) is 0 Å². The lowest BCUT2D eigenvalue weighted by molar-refractivity contribution is 0.125. The van der Waals surface area contributed by atoms with E-state index in [1.165, 1.54) is 25.3 Å². The Morgan fingerprint density at radius 2 is 2.05 bits per heavy atom. The molecule has 1 saturated carbocycles. The monoisotopic (exact) mass is 281 g/mol. The van der Waals surface area contributed by atoms with Gasteiger partial charge in [0.25, 0.3) is 0 Å². The van der Waals surface area contributed by atoms with E-state index in [2.05, 4.69) is 6.92 Å². The molecule has 1 aromatic rings. The highest BCUT2D eigenvalue weighted by atomic mass is 32.1. The largest absolute Gasteiger partial charge is 0.487 e. The van der Waals surface area contributed by atoms with Crippen molar-refractivity contribution in [1.82, 2.24) is 0 Å². The normalized spacial score (nSPS) is 23.1. The van der Waals surface area contributed by atoms with Gasteiger partial charge in [0.15, 0.2) is 11.6 Å². The quantitative estimate of drug-likeness (QED) is 0.852. The molecule has 0 aliphatic heterocycles. The number of benzene rings is 1. The third-order valence-corrected chi connectivity index (χ3v) is 4.12. The maximum atomic E-state index is 13.9. The van der Waals surface area contributed by atoms with E-state index in [-0.39, 0.29) is 16.9 Å². The standard InChI is InChI=1S/C15H20FNOS/c1-2-10-3-6-12(7-4-10)18-14-8-5-11(15(17)19)9-13(14)16/h5,8-10,12H,2-4,6-7H2,1H3,(H2,17,19). The maximum Gasteiger partial charge on any atom is 0.165 e. The molecule has 2 nitrogen and oxygen atoms in total. The Kier molecular flexibility index (Phi) is 4.75. The van der Waals surface area contributed by atoms with E-state index < -0.39 is 0 Å². The van der Waals surface area contributed by atoms with Gasteiger partial charge in [0, 0.05) is 5.56 Å². The molecule has 0 heterocycles. The fraction of sp³-hybridized carbons (Fsp3) is 0.533. The van der Waals surface area contributed by atoms with E-state index in [0.717, 1.165) is 18.8 Å². The Balaban J connectivity index is 1.98. The Morgan fingerprint density at radius 3 is 2.58 bits per heavy atom. The highest BCUT2D eigenvalue weighted by Crippen LogP contribution is 2.30. The van der Waals surface area contributed by atoms with E-state index in [9.17, 15) is 4.39 Å². The van der Waals surface area contributed by atoms with E-state index in [1.54, 1.807) is 12.1 Å². The Hall–Kier alpha value is -1.16. The third kappa shape index (κ3) is 3.66. The molecule has 0 saturated heterocycles. The predicted molar refractivity (Wildman–Crippen MR) is 79.0 cm³/mol. The van der Waals surface area contributed by atoms with E-state index in [4.69, 9.17) is 22.7 Å². The molecule has 0 bridgehead atoms. The molecular weight excluding hydrogens is 261 g/mol. The molecule has 2 N–H and O–H groups in total. The summed E-state index contributed by atoms with van der Waals surface area (Å²) in [4.78, 5) is 0.203. The first-order valence-corrected chi connectivity index (χ1v) is 7.27. The predicted octanol–water partition coefficient (Wildman–Crippen LogP) is 3.81. The fourth-order valence-electron chi connectivity index (χ4n) is 2.59. The van der Waals surface area contributed by atoms with Gasteiger partial charge in [-0.25, -0.2) is 4.39 Å². The second-order valence-electron chi connectivity index (χ2n) is 5.18. The minimum Gasteiger partial charge on any atom is -0.487 e. The molecule has 4 heteroatoms. The van der Waals surface area contributed by atoms with Gasteiger partial charge >= 0.3 is 0 Å². The molecule has 1 aliphatic carbocycles. The first-order valence-electron chi connectivity index (χ1n) is 6.86. The molecule has 0 amide bonds. The average molecular weight is 281 g/mol. The van der Waals surface area contributed by atoms with Crippen LogP contribution in [-0.4, -0.2) is 11.1 Å². The number of halogens is 1. The van der Waals surface area contributed by atoms with Crippen molar-refractivity contribution in [3.05, 3.63) is 29.6 Å². The first kappa shape index (κ1) is 14.3. The number of ether oxygens (including phenoxy) is 1. The maximum absolute atomic E-state index is 13.9. The van der Waals surface area contributed by atoms with Crippen molar-refractivity contribution in [2.45, 2.75) is 45.1 Å². The van der Waals surface area contributed by atoms with Crippen LogP contribution in [0.1, 0.15) is 44.6 Å². The smallest absolute Gasteiger partial charge is 0.165 e. The van der Waals surface area contributed by atoms with E-state index in [0.29, 0.717) is 11.3 Å².